The van der Waals surface area contributed by atoms with E-state index in [1.54, 1.807) is 11.8 Å². The van der Waals surface area contributed by atoms with E-state index in [0.29, 0.717) is 6.04 Å². The monoisotopic (exact) mass is 145 g/mol. The molecule has 1 saturated carbocycles. The van der Waals surface area contributed by atoms with Crippen LogP contribution in [0.1, 0.15) is 12.8 Å². The predicted octanol–water partition coefficient (Wildman–Crippen LogP) is 0.331. The van der Waals surface area contributed by atoms with Crippen LogP contribution in [0.4, 0.5) is 0 Å². The maximum Gasteiger partial charge on any atom is 0.180 e. The molecule has 0 aliphatic heterocycles. The zero-order valence-corrected chi connectivity index (χ0v) is 6.24. The number of thioether (sulfide) groups is 1. The summed E-state index contributed by atoms with van der Waals surface area (Å²) in [5, 5.41) is 7.58. The molecule has 0 spiro atoms. The van der Waals surface area contributed by atoms with Gasteiger partial charge in [-0.25, -0.2) is 0 Å². The molecular weight excluding hydrogens is 134 g/mol. The zero-order chi connectivity index (χ0) is 6.69. The molecule has 52 valence electrons. The normalized spacial score (nSPS) is 19.9. The second-order valence-corrected chi connectivity index (χ2v) is 2.85. The van der Waals surface area contributed by atoms with Crippen molar-refractivity contribution < 1.29 is 0 Å². The summed E-state index contributed by atoms with van der Waals surface area (Å²) in [5.41, 5.74) is 0. The molecule has 9 heavy (non-hydrogen) atoms. The molecule has 3 nitrogen and oxygen atoms in total. The summed E-state index contributed by atoms with van der Waals surface area (Å²) in [7, 11) is 0. The van der Waals surface area contributed by atoms with Crippen LogP contribution in [0.3, 0.4) is 0 Å². The highest BCUT2D eigenvalue weighted by molar-refractivity contribution is 8.13. The number of nitrogens with two attached hydrogens (primary N) is 1. The van der Waals surface area contributed by atoms with Crippen molar-refractivity contribution in [3.8, 4) is 0 Å². The first kappa shape index (κ1) is 6.74. The van der Waals surface area contributed by atoms with Gasteiger partial charge in [-0.1, -0.05) is 11.8 Å². The smallest absolute Gasteiger partial charge is 0.180 e. The second-order valence-electron chi connectivity index (χ2n) is 2.06. The Labute approximate surface area is 59.1 Å². The van der Waals surface area contributed by atoms with Gasteiger partial charge in [0.2, 0.25) is 0 Å². The largest absolute Gasteiger partial charge is 0.361 e. The van der Waals surface area contributed by atoms with E-state index in [1.807, 2.05) is 6.26 Å². The Balaban J connectivity index is 2.21. The summed E-state index contributed by atoms with van der Waals surface area (Å²) in [6.07, 6.45) is 4.49. The van der Waals surface area contributed by atoms with Gasteiger partial charge < -0.3 is 11.2 Å². The van der Waals surface area contributed by atoms with Crippen molar-refractivity contribution in [1.82, 2.24) is 5.32 Å². The minimum Gasteiger partial charge on any atom is -0.361 e. The van der Waals surface area contributed by atoms with Crippen molar-refractivity contribution in [1.29, 1.82) is 0 Å². The lowest BCUT2D eigenvalue weighted by molar-refractivity contribution is 0.914. The predicted molar refractivity (Wildman–Crippen MR) is 41.3 cm³/mol. The highest BCUT2D eigenvalue weighted by Crippen LogP contribution is 2.19. The molecule has 0 bridgehead atoms. The van der Waals surface area contributed by atoms with Gasteiger partial charge in [-0.05, 0) is 19.1 Å². The number of nitrogens with one attached hydrogen (secondary N) is 1. The molecule has 0 saturated heterocycles. The molecule has 1 aliphatic rings. The lowest BCUT2D eigenvalue weighted by Crippen LogP contribution is -2.23. The van der Waals surface area contributed by atoms with Crippen LogP contribution in [0.2, 0.25) is 0 Å². The van der Waals surface area contributed by atoms with Crippen molar-refractivity contribution >= 4 is 16.9 Å². The summed E-state index contributed by atoms with van der Waals surface area (Å²) in [6.45, 7) is 0. The van der Waals surface area contributed by atoms with Gasteiger partial charge in [0, 0.05) is 6.04 Å². The highest BCUT2D eigenvalue weighted by Gasteiger charge is 2.21. The minimum atomic E-state index is 0.653. The SMILES string of the molecule is CSC(=NN)NC1CC1. The third-order valence-corrected chi connectivity index (χ3v) is 1.83. The molecule has 1 fully saturated rings. The van der Waals surface area contributed by atoms with E-state index in [0.717, 1.165) is 5.17 Å². The van der Waals surface area contributed by atoms with E-state index in [4.69, 9.17) is 5.84 Å². The number of hydrogen-bond donors (Lipinski definition) is 2. The van der Waals surface area contributed by atoms with Crippen molar-refractivity contribution in [2.75, 3.05) is 6.26 Å². The van der Waals surface area contributed by atoms with E-state index in [9.17, 15) is 0 Å². The van der Waals surface area contributed by atoms with Crippen molar-refractivity contribution in [2.24, 2.45) is 10.9 Å². The van der Waals surface area contributed by atoms with E-state index >= 15 is 0 Å². The van der Waals surface area contributed by atoms with E-state index < -0.39 is 0 Å². The standard InChI is InChI=1S/C5H11N3S/c1-9-5(8-6)7-4-2-3-4/h4H,2-3,6H2,1H3,(H,7,8). The van der Waals surface area contributed by atoms with Gasteiger partial charge >= 0.3 is 0 Å². The first-order valence-electron chi connectivity index (χ1n) is 2.95. The summed E-state index contributed by atoms with van der Waals surface area (Å²) in [4.78, 5) is 0. The maximum atomic E-state index is 5.06. The Bertz CT molecular complexity index is 119. The average Bonchev–Trinajstić information content (AvgIpc) is 2.66. The van der Waals surface area contributed by atoms with Crippen LogP contribution in [-0.2, 0) is 0 Å². The van der Waals surface area contributed by atoms with Gasteiger partial charge in [-0.15, -0.1) is 0 Å². The molecule has 0 aromatic rings. The first-order chi connectivity index (χ1) is 4.36. The maximum absolute atomic E-state index is 5.06. The fourth-order valence-corrected chi connectivity index (χ4v) is 0.941. The molecular formula is C5H11N3S. The number of hydrazone groups is 1. The molecule has 1 rings (SSSR count). The van der Waals surface area contributed by atoms with Crippen LogP contribution < -0.4 is 11.2 Å². The molecule has 1 aliphatic carbocycles. The van der Waals surface area contributed by atoms with E-state index in [-0.39, 0.29) is 0 Å². The number of rotatable bonds is 1. The van der Waals surface area contributed by atoms with Crippen LogP contribution in [0.25, 0.3) is 0 Å². The van der Waals surface area contributed by atoms with Crippen molar-refractivity contribution in [3.05, 3.63) is 0 Å². The Hall–Kier alpha value is -0.380. The third-order valence-electron chi connectivity index (χ3n) is 1.22. The molecule has 0 atom stereocenters. The molecule has 0 amide bonds. The van der Waals surface area contributed by atoms with Crippen LogP contribution in [-0.4, -0.2) is 17.5 Å². The topological polar surface area (TPSA) is 50.4 Å². The summed E-state index contributed by atoms with van der Waals surface area (Å²) in [6, 6.07) is 0.653. The van der Waals surface area contributed by atoms with Crippen LogP contribution in [0, 0.1) is 0 Å². The van der Waals surface area contributed by atoms with Gasteiger partial charge in [0.1, 0.15) is 0 Å². The molecule has 3 N–H and O–H groups in total. The fraction of sp³-hybridized carbons (Fsp3) is 0.800. The molecule has 0 heterocycles. The van der Waals surface area contributed by atoms with Gasteiger partial charge in [-0.2, -0.15) is 5.10 Å². The van der Waals surface area contributed by atoms with Gasteiger partial charge in [0.05, 0.1) is 0 Å². The quantitative estimate of drug-likeness (QED) is 0.242. The summed E-state index contributed by atoms with van der Waals surface area (Å²) < 4.78 is 0. The lowest BCUT2D eigenvalue weighted by Gasteiger charge is -2.01. The van der Waals surface area contributed by atoms with Gasteiger partial charge in [0.15, 0.2) is 5.17 Å². The van der Waals surface area contributed by atoms with Crippen LogP contribution in [0.5, 0.6) is 0 Å². The van der Waals surface area contributed by atoms with Crippen LogP contribution >= 0.6 is 11.8 Å². The van der Waals surface area contributed by atoms with Crippen molar-refractivity contribution in [2.45, 2.75) is 18.9 Å². The number of amidine groups is 1. The molecule has 0 radical (unpaired) electrons. The Morgan fingerprint density at radius 1 is 1.78 bits per heavy atom. The minimum absolute atomic E-state index is 0.653. The first-order valence-corrected chi connectivity index (χ1v) is 4.17. The fourth-order valence-electron chi connectivity index (χ4n) is 0.551. The highest BCUT2D eigenvalue weighted by atomic mass is 32.2. The van der Waals surface area contributed by atoms with Gasteiger partial charge in [-0.3, -0.25) is 0 Å². The van der Waals surface area contributed by atoms with Crippen molar-refractivity contribution in [3.63, 3.8) is 0 Å². The van der Waals surface area contributed by atoms with Crippen LogP contribution in [0.15, 0.2) is 5.10 Å². The molecule has 0 aromatic heterocycles. The zero-order valence-electron chi connectivity index (χ0n) is 5.42. The Morgan fingerprint density at radius 3 is 2.78 bits per heavy atom. The molecule has 4 heteroatoms. The molecule has 0 aromatic carbocycles. The number of hydrogen-bond acceptors (Lipinski definition) is 3. The van der Waals surface area contributed by atoms with E-state index in [2.05, 4.69) is 10.4 Å². The summed E-state index contributed by atoms with van der Waals surface area (Å²) >= 11 is 1.55. The second kappa shape index (κ2) is 2.96. The average molecular weight is 145 g/mol. The lowest BCUT2D eigenvalue weighted by atomic mass is 10.7. The third kappa shape index (κ3) is 2.13. The van der Waals surface area contributed by atoms with E-state index in [1.165, 1.54) is 12.8 Å². The Kier molecular flexibility index (Phi) is 2.22. The van der Waals surface area contributed by atoms with Gasteiger partial charge in [0.25, 0.3) is 0 Å². The number of nitrogens with zero attached hydrogens (tertiary/aromatic N) is 1. The molecule has 0 unspecified atom stereocenters. The Morgan fingerprint density at radius 2 is 2.44 bits per heavy atom. The summed E-state index contributed by atoms with van der Waals surface area (Å²) in [5.74, 6) is 5.06.